The molecule has 0 saturated carbocycles. The van der Waals surface area contributed by atoms with E-state index in [9.17, 15) is 0 Å². The SMILES string of the molecule is CN(CC(C)(C)CN1CCNCC1)c1ccc[nH]1. The molecule has 0 aliphatic carbocycles. The van der Waals surface area contributed by atoms with E-state index in [0.717, 1.165) is 19.6 Å². The van der Waals surface area contributed by atoms with Gasteiger partial charge in [0.05, 0.1) is 0 Å². The number of anilines is 1. The Labute approximate surface area is 110 Å². The lowest BCUT2D eigenvalue weighted by molar-refractivity contribution is 0.164. The average molecular weight is 250 g/mol. The zero-order valence-electron chi connectivity index (χ0n) is 11.9. The van der Waals surface area contributed by atoms with Crippen molar-refractivity contribution in [3.63, 3.8) is 0 Å². The van der Waals surface area contributed by atoms with Crippen molar-refractivity contribution in [2.45, 2.75) is 13.8 Å². The van der Waals surface area contributed by atoms with Crippen LogP contribution in [0.25, 0.3) is 0 Å². The molecule has 4 heteroatoms. The highest BCUT2D eigenvalue weighted by Gasteiger charge is 2.24. The Hall–Kier alpha value is -1.00. The van der Waals surface area contributed by atoms with E-state index in [1.807, 2.05) is 6.20 Å². The maximum atomic E-state index is 3.41. The standard InChI is InChI=1S/C14H26N4/c1-14(2,12-18-9-7-15-8-10-18)11-17(3)13-5-4-6-16-13/h4-6,15-16H,7-12H2,1-3H3. The molecule has 102 valence electrons. The van der Waals surface area contributed by atoms with E-state index in [2.05, 4.69) is 53.1 Å². The van der Waals surface area contributed by atoms with E-state index in [0.29, 0.717) is 5.41 Å². The number of nitrogens with one attached hydrogen (secondary N) is 2. The minimum Gasteiger partial charge on any atom is -0.361 e. The van der Waals surface area contributed by atoms with Crippen LogP contribution in [0.15, 0.2) is 18.3 Å². The lowest BCUT2D eigenvalue weighted by Crippen LogP contribution is -2.49. The van der Waals surface area contributed by atoms with Crippen LogP contribution in [0.4, 0.5) is 5.82 Å². The number of aromatic amines is 1. The van der Waals surface area contributed by atoms with Gasteiger partial charge in [-0.15, -0.1) is 0 Å². The largest absolute Gasteiger partial charge is 0.361 e. The molecule has 1 saturated heterocycles. The molecule has 2 heterocycles. The van der Waals surface area contributed by atoms with Crippen LogP contribution < -0.4 is 10.2 Å². The number of rotatable bonds is 5. The van der Waals surface area contributed by atoms with Gasteiger partial charge in [0.25, 0.3) is 0 Å². The third-order valence-electron chi connectivity index (χ3n) is 3.52. The van der Waals surface area contributed by atoms with Gasteiger partial charge in [-0.25, -0.2) is 0 Å². The van der Waals surface area contributed by atoms with Crippen molar-refractivity contribution in [3.05, 3.63) is 18.3 Å². The lowest BCUT2D eigenvalue weighted by Gasteiger charge is -2.37. The molecule has 0 spiro atoms. The fraction of sp³-hybridized carbons (Fsp3) is 0.714. The summed E-state index contributed by atoms with van der Waals surface area (Å²) < 4.78 is 0. The van der Waals surface area contributed by atoms with Crippen LogP contribution in [-0.2, 0) is 0 Å². The van der Waals surface area contributed by atoms with Crippen LogP contribution >= 0.6 is 0 Å². The first kappa shape index (κ1) is 13.4. The van der Waals surface area contributed by atoms with Crippen LogP contribution in [0.3, 0.4) is 0 Å². The molecule has 0 unspecified atom stereocenters. The number of H-pyrrole nitrogens is 1. The average Bonchev–Trinajstić information content (AvgIpc) is 2.82. The summed E-state index contributed by atoms with van der Waals surface area (Å²) in [4.78, 5) is 8.14. The van der Waals surface area contributed by atoms with Crippen molar-refractivity contribution in [1.82, 2.24) is 15.2 Å². The first-order valence-electron chi connectivity index (χ1n) is 6.84. The Morgan fingerprint density at radius 3 is 2.67 bits per heavy atom. The molecule has 1 aliphatic heterocycles. The van der Waals surface area contributed by atoms with Gasteiger partial charge < -0.3 is 20.1 Å². The van der Waals surface area contributed by atoms with Gasteiger partial charge in [0.15, 0.2) is 0 Å². The molecule has 1 fully saturated rings. The zero-order valence-corrected chi connectivity index (χ0v) is 11.9. The number of piperazine rings is 1. The molecule has 18 heavy (non-hydrogen) atoms. The smallest absolute Gasteiger partial charge is 0.105 e. The van der Waals surface area contributed by atoms with Gasteiger partial charge in [-0.05, 0) is 17.5 Å². The van der Waals surface area contributed by atoms with Crippen LogP contribution in [-0.4, -0.2) is 56.2 Å². The van der Waals surface area contributed by atoms with Crippen molar-refractivity contribution in [2.24, 2.45) is 5.41 Å². The molecule has 0 atom stereocenters. The molecule has 0 aromatic carbocycles. The second-order valence-corrected chi connectivity index (χ2v) is 6.10. The Kier molecular flexibility index (Phi) is 4.30. The number of hydrogen-bond acceptors (Lipinski definition) is 3. The highest BCUT2D eigenvalue weighted by molar-refractivity contribution is 5.37. The van der Waals surface area contributed by atoms with Crippen LogP contribution in [0, 0.1) is 5.41 Å². The molecular weight excluding hydrogens is 224 g/mol. The third kappa shape index (κ3) is 3.75. The van der Waals surface area contributed by atoms with E-state index in [-0.39, 0.29) is 0 Å². The van der Waals surface area contributed by atoms with E-state index in [4.69, 9.17) is 0 Å². The second kappa shape index (κ2) is 5.76. The van der Waals surface area contributed by atoms with Gasteiger partial charge in [0.1, 0.15) is 5.82 Å². The van der Waals surface area contributed by atoms with E-state index in [1.165, 1.54) is 25.5 Å². The summed E-state index contributed by atoms with van der Waals surface area (Å²) in [5, 5.41) is 3.41. The Balaban J connectivity index is 1.85. The predicted octanol–water partition coefficient (Wildman–Crippen LogP) is 1.38. The number of aromatic nitrogens is 1. The molecule has 1 aliphatic rings. The quantitative estimate of drug-likeness (QED) is 0.828. The summed E-state index contributed by atoms with van der Waals surface area (Å²) in [6.45, 7) is 11.6. The van der Waals surface area contributed by atoms with Gasteiger partial charge in [-0.2, -0.15) is 0 Å². The highest BCUT2D eigenvalue weighted by Crippen LogP contribution is 2.21. The predicted molar refractivity (Wildman–Crippen MR) is 77.2 cm³/mol. The van der Waals surface area contributed by atoms with Gasteiger partial charge >= 0.3 is 0 Å². The minimum absolute atomic E-state index is 0.303. The molecule has 0 radical (unpaired) electrons. The monoisotopic (exact) mass is 250 g/mol. The molecule has 2 rings (SSSR count). The Morgan fingerprint density at radius 2 is 2.06 bits per heavy atom. The maximum absolute atomic E-state index is 3.41. The normalized spacial score (nSPS) is 17.9. The van der Waals surface area contributed by atoms with Gasteiger partial charge in [-0.1, -0.05) is 13.8 Å². The van der Waals surface area contributed by atoms with E-state index < -0.39 is 0 Å². The van der Waals surface area contributed by atoms with Crippen molar-refractivity contribution in [2.75, 3.05) is 51.2 Å². The van der Waals surface area contributed by atoms with Gasteiger partial charge in [-0.3, -0.25) is 0 Å². The number of nitrogens with zero attached hydrogens (tertiary/aromatic N) is 2. The molecular formula is C14H26N4. The minimum atomic E-state index is 0.303. The zero-order chi connectivity index (χ0) is 13.0. The Bertz CT molecular complexity index is 339. The van der Waals surface area contributed by atoms with Crippen molar-refractivity contribution in [1.29, 1.82) is 0 Å². The second-order valence-electron chi connectivity index (χ2n) is 6.10. The van der Waals surface area contributed by atoms with E-state index in [1.54, 1.807) is 0 Å². The summed E-state index contributed by atoms with van der Waals surface area (Å²) in [5.74, 6) is 1.20. The van der Waals surface area contributed by atoms with E-state index >= 15 is 0 Å². The van der Waals surface area contributed by atoms with Crippen LogP contribution in [0.5, 0.6) is 0 Å². The molecule has 1 aromatic heterocycles. The third-order valence-corrected chi connectivity index (χ3v) is 3.52. The fourth-order valence-electron chi connectivity index (χ4n) is 2.81. The van der Waals surface area contributed by atoms with Crippen molar-refractivity contribution < 1.29 is 0 Å². The highest BCUT2D eigenvalue weighted by atomic mass is 15.2. The molecule has 0 bridgehead atoms. The van der Waals surface area contributed by atoms with Crippen molar-refractivity contribution in [3.8, 4) is 0 Å². The van der Waals surface area contributed by atoms with Crippen LogP contribution in [0.2, 0.25) is 0 Å². The summed E-state index contributed by atoms with van der Waals surface area (Å²) in [7, 11) is 2.16. The summed E-state index contributed by atoms with van der Waals surface area (Å²) >= 11 is 0. The summed E-state index contributed by atoms with van der Waals surface area (Å²) in [5.41, 5.74) is 0.303. The lowest BCUT2D eigenvalue weighted by atomic mass is 9.91. The van der Waals surface area contributed by atoms with Gasteiger partial charge in [0.2, 0.25) is 0 Å². The van der Waals surface area contributed by atoms with Crippen molar-refractivity contribution >= 4 is 5.82 Å². The molecule has 1 aromatic rings. The van der Waals surface area contributed by atoms with Crippen LogP contribution in [0.1, 0.15) is 13.8 Å². The first-order chi connectivity index (χ1) is 8.57. The fourth-order valence-corrected chi connectivity index (χ4v) is 2.81. The molecule has 0 amide bonds. The summed E-state index contributed by atoms with van der Waals surface area (Å²) in [6.07, 6.45) is 1.98. The molecule has 2 N–H and O–H groups in total. The summed E-state index contributed by atoms with van der Waals surface area (Å²) in [6, 6.07) is 4.18. The Morgan fingerprint density at radius 1 is 1.33 bits per heavy atom. The maximum Gasteiger partial charge on any atom is 0.105 e. The topological polar surface area (TPSA) is 34.3 Å². The van der Waals surface area contributed by atoms with Gasteiger partial charge in [0, 0.05) is 52.5 Å². The molecule has 4 nitrogen and oxygen atoms in total. The first-order valence-corrected chi connectivity index (χ1v) is 6.84. The number of hydrogen-bond donors (Lipinski definition) is 2.